The third-order valence-electron chi connectivity index (χ3n) is 2.76. The van der Waals surface area contributed by atoms with Crippen molar-refractivity contribution in [2.75, 3.05) is 20.1 Å². The van der Waals surface area contributed by atoms with Gasteiger partial charge in [-0.3, -0.25) is 9.59 Å². The predicted octanol–water partition coefficient (Wildman–Crippen LogP) is 0.114. The molecule has 1 fully saturated rings. The first-order chi connectivity index (χ1) is 6.52. The molecule has 0 spiro atoms. The van der Waals surface area contributed by atoms with E-state index < -0.39 is 23.8 Å². The maximum atomic E-state index is 10.8. The van der Waals surface area contributed by atoms with Gasteiger partial charge in [0.15, 0.2) is 0 Å². The molecular formula is C9H15NO4. The molecule has 1 aliphatic heterocycles. The van der Waals surface area contributed by atoms with Crippen molar-refractivity contribution in [2.24, 2.45) is 11.8 Å². The molecule has 5 nitrogen and oxygen atoms in total. The number of nitrogens with zero attached hydrogens (tertiary/aromatic N) is 1. The molecule has 0 unspecified atom stereocenters. The molecule has 0 aliphatic carbocycles. The van der Waals surface area contributed by atoms with Gasteiger partial charge < -0.3 is 15.1 Å². The van der Waals surface area contributed by atoms with Crippen molar-refractivity contribution in [3.8, 4) is 0 Å². The lowest BCUT2D eigenvalue weighted by atomic mass is 9.88. The number of hydrogen-bond acceptors (Lipinski definition) is 3. The zero-order chi connectivity index (χ0) is 10.7. The topological polar surface area (TPSA) is 77.8 Å². The van der Waals surface area contributed by atoms with Gasteiger partial charge >= 0.3 is 11.9 Å². The summed E-state index contributed by atoms with van der Waals surface area (Å²) < 4.78 is 0. The first-order valence-corrected chi connectivity index (χ1v) is 4.66. The third kappa shape index (κ3) is 2.45. The standard InChI is InChI=1S/C9H15NO4/c1-10-4-2-6(8(11)12)7(3-5-10)9(13)14/h6-7H,2-5H2,1H3,(H,11,12)(H,13,14)/t6-,7-/m1/s1. The summed E-state index contributed by atoms with van der Waals surface area (Å²) in [6, 6.07) is 0. The minimum Gasteiger partial charge on any atom is -0.481 e. The smallest absolute Gasteiger partial charge is 0.307 e. The van der Waals surface area contributed by atoms with Gasteiger partial charge in [0.1, 0.15) is 0 Å². The lowest BCUT2D eigenvalue weighted by molar-refractivity contribution is -0.153. The Hall–Kier alpha value is -1.10. The second kappa shape index (κ2) is 4.41. The van der Waals surface area contributed by atoms with Crippen molar-refractivity contribution in [3.05, 3.63) is 0 Å². The first-order valence-electron chi connectivity index (χ1n) is 4.66. The largest absolute Gasteiger partial charge is 0.481 e. The maximum absolute atomic E-state index is 10.8. The number of likely N-dealkylation sites (tertiary alicyclic amines) is 1. The summed E-state index contributed by atoms with van der Waals surface area (Å²) in [5, 5.41) is 17.8. The Balaban J connectivity index is 2.76. The summed E-state index contributed by atoms with van der Waals surface area (Å²) in [4.78, 5) is 23.7. The fraction of sp³-hybridized carbons (Fsp3) is 0.778. The van der Waals surface area contributed by atoms with Crippen LogP contribution in [0.15, 0.2) is 0 Å². The average molecular weight is 201 g/mol. The fourth-order valence-corrected chi connectivity index (χ4v) is 1.82. The normalized spacial score (nSPS) is 29.5. The van der Waals surface area contributed by atoms with Gasteiger partial charge in [0.25, 0.3) is 0 Å². The van der Waals surface area contributed by atoms with E-state index in [9.17, 15) is 9.59 Å². The molecule has 2 N–H and O–H groups in total. The highest BCUT2D eigenvalue weighted by Gasteiger charge is 2.35. The Bertz CT molecular complexity index is 217. The summed E-state index contributed by atoms with van der Waals surface area (Å²) in [5.74, 6) is -3.46. The molecule has 1 rings (SSSR count). The fourth-order valence-electron chi connectivity index (χ4n) is 1.82. The molecule has 14 heavy (non-hydrogen) atoms. The predicted molar refractivity (Wildman–Crippen MR) is 49.0 cm³/mol. The average Bonchev–Trinajstić information content (AvgIpc) is 2.26. The number of carboxylic acids is 2. The zero-order valence-electron chi connectivity index (χ0n) is 8.14. The van der Waals surface area contributed by atoms with Crippen LogP contribution in [0.25, 0.3) is 0 Å². The molecule has 80 valence electrons. The highest BCUT2D eigenvalue weighted by molar-refractivity contribution is 5.80. The molecule has 0 bridgehead atoms. The monoisotopic (exact) mass is 201 g/mol. The number of rotatable bonds is 2. The highest BCUT2D eigenvalue weighted by atomic mass is 16.4. The summed E-state index contributed by atoms with van der Waals surface area (Å²) in [7, 11) is 1.88. The summed E-state index contributed by atoms with van der Waals surface area (Å²) >= 11 is 0. The Kier molecular flexibility index (Phi) is 3.46. The van der Waals surface area contributed by atoms with Gasteiger partial charge in [-0.05, 0) is 33.0 Å². The van der Waals surface area contributed by atoms with Gasteiger partial charge in [0, 0.05) is 0 Å². The Labute approximate surface area is 82.3 Å². The van der Waals surface area contributed by atoms with E-state index in [1.807, 2.05) is 11.9 Å². The van der Waals surface area contributed by atoms with Crippen molar-refractivity contribution < 1.29 is 19.8 Å². The molecule has 1 heterocycles. The van der Waals surface area contributed by atoms with Crippen molar-refractivity contribution in [1.82, 2.24) is 4.90 Å². The van der Waals surface area contributed by atoms with Crippen molar-refractivity contribution in [3.63, 3.8) is 0 Å². The number of carbonyl (C=O) groups is 2. The zero-order valence-corrected chi connectivity index (χ0v) is 8.14. The van der Waals surface area contributed by atoms with Crippen molar-refractivity contribution in [2.45, 2.75) is 12.8 Å². The van der Waals surface area contributed by atoms with E-state index in [-0.39, 0.29) is 0 Å². The summed E-state index contributed by atoms with van der Waals surface area (Å²) in [6.45, 7) is 1.31. The molecular weight excluding hydrogens is 186 g/mol. The molecule has 0 aromatic carbocycles. The SMILES string of the molecule is CN1CC[C@@H](C(=O)O)[C@H](C(=O)O)CC1. The van der Waals surface area contributed by atoms with Gasteiger partial charge in [-0.25, -0.2) is 0 Å². The molecule has 0 radical (unpaired) electrons. The lowest BCUT2D eigenvalue weighted by Crippen LogP contribution is -2.29. The second-order valence-electron chi connectivity index (χ2n) is 3.77. The molecule has 2 atom stereocenters. The van der Waals surface area contributed by atoms with Gasteiger partial charge in [-0.1, -0.05) is 0 Å². The van der Waals surface area contributed by atoms with E-state index >= 15 is 0 Å². The summed E-state index contributed by atoms with van der Waals surface area (Å²) in [5.41, 5.74) is 0. The molecule has 0 saturated carbocycles. The van der Waals surface area contributed by atoms with Crippen LogP contribution in [0.1, 0.15) is 12.8 Å². The van der Waals surface area contributed by atoms with Gasteiger partial charge in [0.05, 0.1) is 11.8 Å². The minimum atomic E-state index is -0.993. The molecule has 0 aromatic rings. The van der Waals surface area contributed by atoms with Crippen LogP contribution in [-0.4, -0.2) is 47.2 Å². The van der Waals surface area contributed by atoms with Crippen molar-refractivity contribution in [1.29, 1.82) is 0 Å². The summed E-state index contributed by atoms with van der Waals surface area (Å²) in [6.07, 6.45) is 0.839. The van der Waals surface area contributed by atoms with Gasteiger partial charge in [-0.2, -0.15) is 0 Å². The quantitative estimate of drug-likeness (QED) is 0.663. The Morgan fingerprint density at radius 2 is 1.43 bits per heavy atom. The molecule has 5 heteroatoms. The molecule has 0 amide bonds. The van der Waals surface area contributed by atoms with Crippen LogP contribution in [0, 0.1) is 11.8 Å². The molecule has 1 saturated heterocycles. The van der Waals surface area contributed by atoms with Crippen LogP contribution in [-0.2, 0) is 9.59 Å². The van der Waals surface area contributed by atoms with Crippen LogP contribution in [0.4, 0.5) is 0 Å². The van der Waals surface area contributed by atoms with E-state index in [0.29, 0.717) is 25.9 Å². The van der Waals surface area contributed by atoms with Crippen LogP contribution in [0.5, 0.6) is 0 Å². The van der Waals surface area contributed by atoms with Crippen molar-refractivity contribution >= 4 is 11.9 Å². The molecule has 0 aromatic heterocycles. The highest BCUT2D eigenvalue weighted by Crippen LogP contribution is 2.24. The number of hydrogen-bond donors (Lipinski definition) is 2. The lowest BCUT2D eigenvalue weighted by Gasteiger charge is -2.15. The number of carboxylic acid groups (broad SMARTS) is 2. The van der Waals surface area contributed by atoms with Gasteiger partial charge in [0.2, 0.25) is 0 Å². The Morgan fingerprint density at radius 3 is 1.71 bits per heavy atom. The van der Waals surface area contributed by atoms with E-state index in [1.165, 1.54) is 0 Å². The van der Waals surface area contributed by atoms with Gasteiger partial charge in [-0.15, -0.1) is 0 Å². The van der Waals surface area contributed by atoms with E-state index in [0.717, 1.165) is 0 Å². The van der Waals surface area contributed by atoms with Crippen LogP contribution in [0.2, 0.25) is 0 Å². The molecule has 1 aliphatic rings. The second-order valence-corrected chi connectivity index (χ2v) is 3.77. The Morgan fingerprint density at radius 1 is 1.07 bits per heavy atom. The number of aliphatic carboxylic acids is 2. The first kappa shape index (κ1) is 11.0. The minimum absolute atomic E-state index is 0.419. The van der Waals surface area contributed by atoms with Crippen LogP contribution >= 0.6 is 0 Å². The van der Waals surface area contributed by atoms with E-state index in [4.69, 9.17) is 10.2 Å². The van der Waals surface area contributed by atoms with E-state index in [1.54, 1.807) is 0 Å². The van der Waals surface area contributed by atoms with Crippen LogP contribution in [0.3, 0.4) is 0 Å². The van der Waals surface area contributed by atoms with Crippen LogP contribution < -0.4 is 0 Å². The third-order valence-corrected chi connectivity index (χ3v) is 2.76. The van der Waals surface area contributed by atoms with E-state index in [2.05, 4.69) is 0 Å². The maximum Gasteiger partial charge on any atom is 0.307 e.